The van der Waals surface area contributed by atoms with E-state index in [2.05, 4.69) is 9.88 Å². The Morgan fingerprint density at radius 3 is 2.56 bits per heavy atom. The fraction of sp³-hybridized carbons (Fsp3) is 0.421. The molecule has 8 heteroatoms. The number of primary sulfonamides is 1. The smallest absolute Gasteiger partial charge is 0.238 e. The van der Waals surface area contributed by atoms with Gasteiger partial charge in [0.25, 0.3) is 0 Å². The third kappa shape index (κ3) is 5.90. The van der Waals surface area contributed by atoms with E-state index < -0.39 is 10.0 Å². The van der Waals surface area contributed by atoms with Crippen LogP contribution in [-0.2, 0) is 10.0 Å². The number of nitrogens with zero attached hydrogens (tertiary/aromatic N) is 2. The van der Waals surface area contributed by atoms with Crippen molar-refractivity contribution in [3.05, 3.63) is 42.7 Å². The summed E-state index contributed by atoms with van der Waals surface area (Å²) in [4.78, 5) is 6.59. The summed E-state index contributed by atoms with van der Waals surface area (Å²) in [5, 5.41) is 5.41. The molecule has 0 aliphatic carbocycles. The molecule has 148 valence electrons. The number of piperidine rings is 1. The van der Waals surface area contributed by atoms with Crippen LogP contribution >= 0.6 is 12.4 Å². The topological polar surface area (TPSA) is 85.5 Å². The second kappa shape index (κ2) is 10.0. The van der Waals surface area contributed by atoms with Crippen molar-refractivity contribution in [3.8, 4) is 16.9 Å². The number of pyridine rings is 1. The number of rotatable bonds is 7. The minimum atomic E-state index is -3.87. The van der Waals surface area contributed by atoms with E-state index >= 15 is 0 Å². The lowest BCUT2D eigenvalue weighted by Gasteiger charge is -2.26. The molecule has 2 N–H and O–H groups in total. The molecule has 0 atom stereocenters. The molecule has 27 heavy (non-hydrogen) atoms. The largest absolute Gasteiger partial charge is 0.493 e. The highest BCUT2D eigenvalue weighted by Gasteiger charge is 2.20. The van der Waals surface area contributed by atoms with Crippen molar-refractivity contribution in [2.24, 2.45) is 5.14 Å². The maximum atomic E-state index is 12.0. The molecule has 0 saturated carbocycles. The standard InChI is InChI=1S/C19H25N3O3S.ClH/c20-26(23,24)18-9-4-8-17(19(18)16-7-5-10-21-15-16)25-14-6-13-22-11-2-1-3-12-22;/h4-5,7-10,15H,1-3,6,11-14H2,(H2,20,23,24);1H. The van der Waals surface area contributed by atoms with Crippen LogP contribution in [0.3, 0.4) is 0 Å². The molecule has 0 spiro atoms. The van der Waals surface area contributed by atoms with E-state index in [-0.39, 0.29) is 17.3 Å². The van der Waals surface area contributed by atoms with Crippen LogP contribution in [0.1, 0.15) is 25.7 Å². The number of nitrogens with two attached hydrogens (primary N) is 1. The molecule has 2 heterocycles. The summed E-state index contributed by atoms with van der Waals surface area (Å²) in [6, 6.07) is 8.49. The van der Waals surface area contributed by atoms with Gasteiger partial charge in [0.2, 0.25) is 10.0 Å². The molecule has 1 aliphatic heterocycles. The molecule has 1 aromatic heterocycles. The predicted molar refractivity (Wildman–Crippen MR) is 109 cm³/mol. The molecule has 0 unspecified atom stereocenters. The molecular formula is C19H26ClN3O3S. The lowest BCUT2D eigenvalue weighted by Crippen LogP contribution is -2.31. The Kier molecular flexibility index (Phi) is 8.04. The van der Waals surface area contributed by atoms with E-state index in [1.807, 2.05) is 0 Å². The van der Waals surface area contributed by atoms with Crippen LogP contribution in [-0.4, -0.2) is 44.5 Å². The Morgan fingerprint density at radius 1 is 1.11 bits per heavy atom. The lowest BCUT2D eigenvalue weighted by atomic mass is 10.1. The Morgan fingerprint density at radius 2 is 1.89 bits per heavy atom. The van der Waals surface area contributed by atoms with Crippen LogP contribution in [0.2, 0.25) is 0 Å². The van der Waals surface area contributed by atoms with Gasteiger partial charge in [-0.05, 0) is 50.6 Å². The lowest BCUT2D eigenvalue weighted by molar-refractivity contribution is 0.205. The van der Waals surface area contributed by atoms with Crippen molar-refractivity contribution in [1.29, 1.82) is 0 Å². The molecule has 3 rings (SSSR count). The molecule has 2 aromatic rings. The van der Waals surface area contributed by atoms with Crippen LogP contribution < -0.4 is 9.88 Å². The number of aromatic nitrogens is 1. The average molecular weight is 412 g/mol. The molecule has 1 aliphatic rings. The maximum Gasteiger partial charge on any atom is 0.238 e. The highest BCUT2D eigenvalue weighted by atomic mass is 35.5. The van der Waals surface area contributed by atoms with Gasteiger partial charge in [-0.2, -0.15) is 0 Å². The third-order valence-corrected chi connectivity index (χ3v) is 5.52. The van der Waals surface area contributed by atoms with Gasteiger partial charge in [-0.3, -0.25) is 4.98 Å². The van der Waals surface area contributed by atoms with Gasteiger partial charge in [-0.15, -0.1) is 12.4 Å². The summed E-state index contributed by atoms with van der Waals surface area (Å²) in [7, 11) is -3.87. The summed E-state index contributed by atoms with van der Waals surface area (Å²) in [6.45, 7) is 3.83. The van der Waals surface area contributed by atoms with Crippen LogP contribution in [0.15, 0.2) is 47.6 Å². The Bertz CT molecular complexity index is 825. The van der Waals surface area contributed by atoms with E-state index in [1.165, 1.54) is 25.3 Å². The maximum absolute atomic E-state index is 12.0. The predicted octanol–water partition coefficient (Wildman–Crippen LogP) is 3.07. The number of ether oxygens (including phenoxy) is 1. The van der Waals surface area contributed by atoms with E-state index in [1.54, 1.807) is 36.7 Å². The van der Waals surface area contributed by atoms with Gasteiger partial charge in [-0.25, -0.2) is 13.6 Å². The molecule has 1 fully saturated rings. The van der Waals surface area contributed by atoms with E-state index in [4.69, 9.17) is 9.88 Å². The molecule has 0 amide bonds. The van der Waals surface area contributed by atoms with Crippen molar-refractivity contribution in [2.75, 3.05) is 26.2 Å². The van der Waals surface area contributed by atoms with Crippen molar-refractivity contribution < 1.29 is 13.2 Å². The molecule has 0 radical (unpaired) electrons. The van der Waals surface area contributed by atoms with Gasteiger partial charge >= 0.3 is 0 Å². The molecule has 1 aromatic carbocycles. The van der Waals surface area contributed by atoms with Crippen LogP contribution in [0.4, 0.5) is 0 Å². The number of hydrogen-bond donors (Lipinski definition) is 1. The summed E-state index contributed by atoms with van der Waals surface area (Å²) in [6.07, 6.45) is 8.01. The number of likely N-dealkylation sites (tertiary alicyclic amines) is 1. The highest BCUT2D eigenvalue weighted by Crippen LogP contribution is 2.35. The van der Waals surface area contributed by atoms with E-state index in [0.717, 1.165) is 26.1 Å². The van der Waals surface area contributed by atoms with Gasteiger partial charge < -0.3 is 9.64 Å². The van der Waals surface area contributed by atoms with Crippen molar-refractivity contribution >= 4 is 22.4 Å². The zero-order valence-electron chi connectivity index (χ0n) is 15.2. The van der Waals surface area contributed by atoms with Gasteiger partial charge in [0, 0.05) is 30.1 Å². The zero-order valence-corrected chi connectivity index (χ0v) is 16.8. The van der Waals surface area contributed by atoms with E-state index in [9.17, 15) is 8.42 Å². The number of sulfonamides is 1. The number of hydrogen-bond acceptors (Lipinski definition) is 5. The first-order chi connectivity index (χ1) is 12.6. The second-order valence-electron chi connectivity index (χ2n) is 6.52. The first-order valence-electron chi connectivity index (χ1n) is 8.97. The summed E-state index contributed by atoms with van der Waals surface area (Å²) < 4.78 is 30.0. The van der Waals surface area contributed by atoms with Gasteiger partial charge in [0.15, 0.2) is 0 Å². The summed E-state index contributed by atoms with van der Waals surface area (Å²) in [5.41, 5.74) is 1.14. The Labute approximate surface area is 167 Å². The van der Waals surface area contributed by atoms with Crippen LogP contribution in [0.25, 0.3) is 11.1 Å². The minimum absolute atomic E-state index is 0. The first-order valence-corrected chi connectivity index (χ1v) is 10.5. The molecule has 0 bridgehead atoms. The minimum Gasteiger partial charge on any atom is -0.493 e. The second-order valence-corrected chi connectivity index (χ2v) is 8.05. The number of halogens is 1. The van der Waals surface area contributed by atoms with Crippen molar-refractivity contribution in [3.63, 3.8) is 0 Å². The van der Waals surface area contributed by atoms with Crippen LogP contribution in [0.5, 0.6) is 5.75 Å². The highest BCUT2D eigenvalue weighted by molar-refractivity contribution is 7.89. The van der Waals surface area contributed by atoms with Gasteiger partial charge in [-0.1, -0.05) is 18.6 Å². The summed E-state index contributed by atoms with van der Waals surface area (Å²) in [5.74, 6) is 0.517. The van der Waals surface area contributed by atoms with Gasteiger partial charge in [0.1, 0.15) is 5.75 Å². The summed E-state index contributed by atoms with van der Waals surface area (Å²) >= 11 is 0. The fourth-order valence-corrected chi connectivity index (χ4v) is 4.09. The zero-order chi connectivity index (χ0) is 18.4. The monoisotopic (exact) mass is 411 g/mol. The first kappa shape index (κ1) is 21.6. The molecular weight excluding hydrogens is 386 g/mol. The normalized spacial score (nSPS) is 15.1. The van der Waals surface area contributed by atoms with Crippen molar-refractivity contribution in [2.45, 2.75) is 30.6 Å². The average Bonchev–Trinajstić information content (AvgIpc) is 2.66. The quantitative estimate of drug-likeness (QED) is 0.707. The molecule has 6 nitrogen and oxygen atoms in total. The van der Waals surface area contributed by atoms with Gasteiger partial charge in [0.05, 0.1) is 11.5 Å². The van der Waals surface area contributed by atoms with Crippen molar-refractivity contribution in [1.82, 2.24) is 9.88 Å². The SMILES string of the molecule is Cl.NS(=O)(=O)c1cccc(OCCCN2CCCCC2)c1-c1cccnc1. The Balaban J connectivity index is 0.00000261. The third-order valence-electron chi connectivity index (χ3n) is 4.57. The fourth-order valence-electron chi connectivity index (χ4n) is 3.32. The molecule has 1 saturated heterocycles. The van der Waals surface area contributed by atoms with Crippen LogP contribution in [0, 0.1) is 0 Å². The number of benzene rings is 1. The van der Waals surface area contributed by atoms with E-state index in [0.29, 0.717) is 23.5 Å². The Hall–Kier alpha value is -1.67.